The van der Waals surface area contributed by atoms with Crippen LogP contribution in [-0.2, 0) is 23.9 Å². The van der Waals surface area contributed by atoms with Crippen molar-refractivity contribution >= 4 is 23.8 Å². The first-order valence-electron chi connectivity index (χ1n) is 10.3. The number of hydrogen-bond acceptors (Lipinski definition) is 6. The second-order valence-electron chi connectivity index (χ2n) is 8.53. The van der Waals surface area contributed by atoms with Crippen molar-refractivity contribution in [3.05, 3.63) is 0 Å². The number of ether oxygens (including phenoxy) is 2. The lowest BCUT2D eigenvalue weighted by Gasteiger charge is -2.20. The number of hydrogen-bond donors (Lipinski definition) is 2. The zero-order valence-electron chi connectivity index (χ0n) is 18.8. The molecular weight excluding hydrogens is 376 g/mol. The second-order valence-corrected chi connectivity index (χ2v) is 8.53. The van der Waals surface area contributed by atoms with Crippen molar-refractivity contribution in [2.24, 2.45) is 5.92 Å². The first-order valence-corrected chi connectivity index (χ1v) is 10.3. The van der Waals surface area contributed by atoms with Crippen molar-refractivity contribution in [1.82, 2.24) is 10.6 Å². The van der Waals surface area contributed by atoms with Gasteiger partial charge in [-0.2, -0.15) is 0 Å². The number of nitrogens with one attached hydrogen (secondary N) is 2. The number of alkyl carbamates (subject to hydrolysis) is 1. The third kappa shape index (κ3) is 15.5. The molecule has 29 heavy (non-hydrogen) atoms. The van der Waals surface area contributed by atoms with E-state index < -0.39 is 23.7 Å². The summed E-state index contributed by atoms with van der Waals surface area (Å²) >= 11 is 0. The Kier molecular flexibility index (Phi) is 12.9. The Labute approximate surface area is 174 Å². The predicted octanol–water partition coefficient (Wildman–Crippen LogP) is 3.12. The molecule has 8 heteroatoms. The van der Waals surface area contributed by atoms with Gasteiger partial charge in [-0.1, -0.05) is 20.3 Å². The molecule has 0 aromatic heterocycles. The van der Waals surface area contributed by atoms with E-state index in [1.165, 1.54) is 7.11 Å². The summed E-state index contributed by atoms with van der Waals surface area (Å²) in [6.07, 6.45) is 2.64. The van der Waals surface area contributed by atoms with Gasteiger partial charge in [0.2, 0.25) is 5.91 Å². The highest BCUT2D eigenvalue weighted by Gasteiger charge is 2.22. The Balaban J connectivity index is 4.17. The van der Waals surface area contributed by atoms with Crippen LogP contribution >= 0.6 is 0 Å². The third-order valence-electron chi connectivity index (χ3n) is 3.98. The minimum absolute atomic E-state index is 0.0183. The van der Waals surface area contributed by atoms with E-state index in [0.29, 0.717) is 25.8 Å². The van der Waals surface area contributed by atoms with Gasteiger partial charge in [0.1, 0.15) is 5.60 Å². The monoisotopic (exact) mass is 414 g/mol. The van der Waals surface area contributed by atoms with E-state index in [0.717, 1.165) is 12.8 Å². The molecule has 2 amide bonds. The number of unbranched alkanes of at least 4 members (excludes halogenated alkanes) is 2. The van der Waals surface area contributed by atoms with Crippen molar-refractivity contribution in [3.63, 3.8) is 0 Å². The predicted molar refractivity (Wildman–Crippen MR) is 110 cm³/mol. The van der Waals surface area contributed by atoms with Crippen LogP contribution in [0.15, 0.2) is 0 Å². The SMILES string of the molecule is COC(=O)CCC(=O)[C@H](CC(C)C)NC(=O)CCCCCNC(=O)OC(C)(C)C. The van der Waals surface area contributed by atoms with Crippen molar-refractivity contribution in [1.29, 1.82) is 0 Å². The van der Waals surface area contributed by atoms with Crippen molar-refractivity contribution in [2.75, 3.05) is 13.7 Å². The fourth-order valence-corrected chi connectivity index (χ4v) is 2.60. The molecule has 0 aliphatic carbocycles. The van der Waals surface area contributed by atoms with Crippen LogP contribution < -0.4 is 10.6 Å². The Morgan fingerprint density at radius 2 is 1.59 bits per heavy atom. The summed E-state index contributed by atoms with van der Waals surface area (Å²) in [6.45, 7) is 9.85. The second kappa shape index (κ2) is 14.0. The summed E-state index contributed by atoms with van der Waals surface area (Å²) in [7, 11) is 1.28. The number of esters is 1. The van der Waals surface area contributed by atoms with Crippen molar-refractivity contribution < 1.29 is 28.7 Å². The lowest BCUT2D eigenvalue weighted by atomic mass is 9.97. The number of methoxy groups -OCH3 is 1. The quantitative estimate of drug-likeness (QED) is 0.354. The Morgan fingerprint density at radius 1 is 0.931 bits per heavy atom. The normalized spacial score (nSPS) is 12.2. The standard InChI is InChI=1S/C21H38N2O6/c1-15(2)14-16(17(24)11-12-19(26)28-6)23-18(25)10-8-7-9-13-22-20(27)29-21(3,4)5/h15-16H,7-14H2,1-6H3,(H,22,27)(H,23,25)/t16-/m0/s1. The highest BCUT2D eigenvalue weighted by Crippen LogP contribution is 2.10. The lowest BCUT2D eigenvalue weighted by molar-refractivity contribution is -0.142. The van der Waals surface area contributed by atoms with E-state index in [4.69, 9.17) is 4.74 Å². The number of ketones is 1. The maximum atomic E-state index is 12.3. The molecule has 0 unspecified atom stereocenters. The maximum absolute atomic E-state index is 12.3. The maximum Gasteiger partial charge on any atom is 0.407 e. The third-order valence-corrected chi connectivity index (χ3v) is 3.98. The molecule has 0 aromatic carbocycles. The Hall–Kier alpha value is -2.12. The van der Waals surface area contributed by atoms with Crippen LogP contribution in [0.5, 0.6) is 0 Å². The molecule has 0 radical (unpaired) electrons. The molecule has 0 aromatic rings. The van der Waals surface area contributed by atoms with Crippen LogP contribution in [0.3, 0.4) is 0 Å². The van der Waals surface area contributed by atoms with Crippen LogP contribution in [0.4, 0.5) is 4.79 Å². The molecule has 168 valence electrons. The molecule has 0 aliphatic heterocycles. The minimum Gasteiger partial charge on any atom is -0.469 e. The molecule has 8 nitrogen and oxygen atoms in total. The van der Waals surface area contributed by atoms with Crippen LogP contribution in [0, 0.1) is 5.92 Å². The van der Waals surface area contributed by atoms with E-state index in [9.17, 15) is 19.2 Å². The number of carbonyl (C=O) groups excluding carboxylic acids is 4. The summed E-state index contributed by atoms with van der Waals surface area (Å²) in [6, 6.07) is -0.582. The lowest BCUT2D eigenvalue weighted by Crippen LogP contribution is -2.41. The Morgan fingerprint density at radius 3 is 2.14 bits per heavy atom. The number of rotatable bonds is 13. The molecule has 2 N–H and O–H groups in total. The summed E-state index contributed by atoms with van der Waals surface area (Å²) < 4.78 is 9.70. The van der Waals surface area contributed by atoms with Gasteiger partial charge < -0.3 is 20.1 Å². The highest BCUT2D eigenvalue weighted by atomic mass is 16.6. The van der Waals surface area contributed by atoms with Crippen LogP contribution in [0.25, 0.3) is 0 Å². The van der Waals surface area contributed by atoms with Gasteiger partial charge in [-0.15, -0.1) is 0 Å². The number of Topliss-reactive ketones (excluding diaryl/α,β-unsaturated/α-hetero) is 1. The van der Waals surface area contributed by atoms with Gasteiger partial charge in [0.25, 0.3) is 0 Å². The molecule has 0 spiro atoms. The fraction of sp³-hybridized carbons (Fsp3) is 0.810. The van der Waals surface area contributed by atoms with Gasteiger partial charge in [-0.3, -0.25) is 14.4 Å². The fourth-order valence-electron chi connectivity index (χ4n) is 2.60. The number of amides is 2. The smallest absolute Gasteiger partial charge is 0.407 e. The molecule has 0 rings (SSSR count). The van der Waals surface area contributed by atoms with Crippen LogP contribution in [0.1, 0.15) is 79.6 Å². The largest absolute Gasteiger partial charge is 0.469 e. The molecule has 0 heterocycles. The molecule has 0 fully saturated rings. The zero-order chi connectivity index (χ0) is 22.4. The van der Waals surface area contributed by atoms with Crippen molar-refractivity contribution in [3.8, 4) is 0 Å². The van der Waals surface area contributed by atoms with E-state index in [2.05, 4.69) is 15.4 Å². The van der Waals surface area contributed by atoms with Gasteiger partial charge in [0, 0.05) is 19.4 Å². The highest BCUT2D eigenvalue weighted by molar-refractivity contribution is 5.90. The molecule has 0 aliphatic rings. The van der Waals surface area contributed by atoms with Gasteiger partial charge in [-0.05, 0) is 46.0 Å². The van der Waals surface area contributed by atoms with Crippen LogP contribution in [0.2, 0.25) is 0 Å². The average Bonchev–Trinajstić information content (AvgIpc) is 2.59. The molecule has 1 atom stereocenters. The van der Waals surface area contributed by atoms with Gasteiger partial charge in [0.15, 0.2) is 5.78 Å². The summed E-state index contributed by atoms with van der Waals surface area (Å²) in [5, 5.41) is 5.47. The topological polar surface area (TPSA) is 111 Å². The zero-order valence-corrected chi connectivity index (χ0v) is 18.8. The van der Waals surface area contributed by atoms with Gasteiger partial charge in [-0.25, -0.2) is 4.79 Å². The number of carbonyl (C=O) groups is 4. The minimum atomic E-state index is -0.582. The van der Waals surface area contributed by atoms with Gasteiger partial charge in [0.05, 0.1) is 19.6 Å². The van der Waals surface area contributed by atoms with Gasteiger partial charge >= 0.3 is 12.1 Å². The van der Waals surface area contributed by atoms with Crippen molar-refractivity contribution in [2.45, 2.75) is 91.2 Å². The molecule has 0 saturated heterocycles. The molecular formula is C21H38N2O6. The first kappa shape index (κ1) is 26.9. The summed E-state index contributed by atoms with van der Waals surface area (Å²) in [4.78, 5) is 47.3. The average molecular weight is 415 g/mol. The van der Waals surface area contributed by atoms with E-state index in [1.54, 1.807) is 20.8 Å². The summed E-state index contributed by atoms with van der Waals surface area (Å²) in [5.74, 6) is -0.532. The van der Waals surface area contributed by atoms with E-state index in [1.807, 2.05) is 13.8 Å². The summed E-state index contributed by atoms with van der Waals surface area (Å²) in [5.41, 5.74) is -0.525. The Bertz CT molecular complexity index is 540. The van der Waals surface area contributed by atoms with Crippen LogP contribution in [-0.4, -0.2) is 49.1 Å². The molecule has 0 bridgehead atoms. The first-order chi connectivity index (χ1) is 13.4. The molecule has 0 saturated carbocycles. The van der Waals surface area contributed by atoms with E-state index in [-0.39, 0.29) is 30.4 Å². The van der Waals surface area contributed by atoms with E-state index >= 15 is 0 Å².